The molecule has 0 fully saturated rings. The fraction of sp³-hybridized carbons (Fsp3) is 0.200. The molecule has 0 unspecified atom stereocenters. The van der Waals surface area contributed by atoms with E-state index in [0.29, 0.717) is 22.3 Å². The molecule has 3 aromatic rings. The zero-order valence-electron chi connectivity index (χ0n) is 12.4. The lowest BCUT2D eigenvalue weighted by atomic mass is 10.1. The number of aromatic nitrogens is 4. The molecular formula is C15H13ClN4O3. The number of nitrogens with zero attached hydrogens (tertiary/aromatic N) is 4. The molecular weight excluding hydrogens is 320 g/mol. The Bertz CT molecular complexity index is 885. The summed E-state index contributed by atoms with van der Waals surface area (Å²) in [7, 11) is 0. The van der Waals surface area contributed by atoms with Gasteiger partial charge >= 0.3 is 5.97 Å². The molecule has 1 N–H and O–H groups in total. The summed E-state index contributed by atoms with van der Waals surface area (Å²) >= 11 is 6.21. The average molecular weight is 333 g/mol. The molecule has 0 aliphatic rings. The van der Waals surface area contributed by atoms with Crippen LogP contribution < -0.4 is 0 Å². The van der Waals surface area contributed by atoms with Gasteiger partial charge < -0.3 is 9.52 Å². The van der Waals surface area contributed by atoms with E-state index in [4.69, 9.17) is 21.1 Å². The van der Waals surface area contributed by atoms with Gasteiger partial charge in [-0.15, -0.1) is 10.2 Å². The largest absolute Gasteiger partial charge is 0.480 e. The molecule has 0 bridgehead atoms. The van der Waals surface area contributed by atoms with Gasteiger partial charge in [-0.1, -0.05) is 29.3 Å². The van der Waals surface area contributed by atoms with E-state index in [0.717, 1.165) is 11.1 Å². The van der Waals surface area contributed by atoms with Crippen molar-refractivity contribution in [3.63, 3.8) is 0 Å². The molecule has 0 amide bonds. The Morgan fingerprint density at radius 1 is 1.30 bits per heavy atom. The molecule has 1 aromatic carbocycles. The Hall–Kier alpha value is -2.67. The minimum Gasteiger partial charge on any atom is -0.480 e. The van der Waals surface area contributed by atoms with E-state index in [2.05, 4.69) is 15.3 Å². The maximum Gasteiger partial charge on any atom is 0.325 e. The first-order valence-corrected chi connectivity index (χ1v) is 7.19. The van der Waals surface area contributed by atoms with Crippen molar-refractivity contribution in [3.8, 4) is 23.0 Å². The number of carbonyl (C=O) groups is 1. The Morgan fingerprint density at radius 2 is 2.04 bits per heavy atom. The molecule has 8 heteroatoms. The van der Waals surface area contributed by atoms with Gasteiger partial charge in [0, 0.05) is 5.56 Å². The summed E-state index contributed by atoms with van der Waals surface area (Å²) in [4.78, 5) is 11.0. The van der Waals surface area contributed by atoms with Crippen LogP contribution in [0.4, 0.5) is 0 Å². The van der Waals surface area contributed by atoms with E-state index in [1.807, 2.05) is 31.2 Å². The van der Waals surface area contributed by atoms with Crippen LogP contribution in [0.15, 0.2) is 28.7 Å². The first-order chi connectivity index (χ1) is 11.0. The molecule has 0 atom stereocenters. The van der Waals surface area contributed by atoms with Crippen LogP contribution in [0.2, 0.25) is 5.02 Å². The van der Waals surface area contributed by atoms with Gasteiger partial charge in [-0.2, -0.15) is 5.10 Å². The fourth-order valence-corrected chi connectivity index (χ4v) is 2.44. The molecule has 0 aliphatic heterocycles. The predicted octanol–water partition coefficient (Wildman–Crippen LogP) is 2.95. The third-order valence-corrected chi connectivity index (χ3v) is 3.68. The van der Waals surface area contributed by atoms with Crippen LogP contribution in [0.5, 0.6) is 0 Å². The van der Waals surface area contributed by atoms with Crippen molar-refractivity contribution in [3.05, 3.63) is 40.5 Å². The van der Waals surface area contributed by atoms with Gasteiger partial charge in [-0.25, -0.2) is 4.68 Å². The Morgan fingerprint density at radius 3 is 2.74 bits per heavy atom. The summed E-state index contributed by atoms with van der Waals surface area (Å²) in [6, 6.07) is 7.62. The maximum absolute atomic E-state index is 11.0. The summed E-state index contributed by atoms with van der Waals surface area (Å²) in [6.45, 7) is 3.30. The van der Waals surface area contributed by atoms with E-state index in [-0.39, 0.29) is 12.4 Å². The first-order valence-electron chi connectivity index (χ1n) is 6.81. The lowest BCUT2D eigenvalue weighted by Crippen LogP contribution is -2.11. The standard InChI is InChI=1S/C15H13ClN4O3/c1-8-4-3-5-10(6-8)14-17-18-15(23-14)13-12(16)9(2)19-20(13)7-11(21)22/h3-6H,7H2,1-2H3,(H,21,22). The van der Waals surface area contributed by atoms with Crippen molar-refractivity contribution >= 4 is 17.6 Å². The van der Waals surface area contributed by atoms with E-state index in [1.165, 1.54) is 4.68 Å². The summed E-state index contributed by atoms with van der Waals surface area (Å²) < 4.78 is 6.91. The molecule has 0 saturated heterocycles. The van der Waals surface area contributed by atoms with Crippen LogP contribution in [0.25, 0.3) is 23.0 Å². The zero-order chi connectivity index (χ0) is 16.6. The maximum atomic E-state index is 11.0. The molecule has 0 saturated carbocycles. The molecule has 3 rings (SSSR count). The van der Waals surface area contributed by atoms with E-state index in [1.54, 1.807) is 6.92 Å². The quantitative estimate of drug-likeness (QED) is 0.789. The fourth-order valence-electron chi connectivity index (χ4n) is 2.22. The summed E-state index contributed by atoms with van der Waals surface area (Å²) in [5.74, 6) is -0.572. The van der Waals surface area contributed by atoms with Crippen LogP contribution in [0.1, 0.15) is 11.3 Å². The SMILES string of the molecule is Cc1cccc(-c2nnc(-c3c(Cl)c(C)nn3CC(=O)O)o2)c1. The van der Waals surface area contributed by atoms with Crippen molar-refractivity contribution in [2.45, 2.75) is 20.4 Å². The van der Waals surface area contributed by atoms with Crippen molar-refractivity contribution in [2.24, 2.45) is 0 Å². The second kappa shape index (κ2) is 5.85. The predicted molar refractivity (Wildman–Crippen MR) is 83.1 cm³/mol. The molecule has 23 heavy (non-hydrogen) atoms. The van der Waals surface area contributed by atoms with Crippen LogP contribution in [0.3, 0.4) is 0 Å². The van der Waals surface area contributed by atoms with E-state index in [9.17, 15) is 4.79 Å². The highest BCUT2D eigenvalue weighted by Crippen LogP contribution is 2.31. The van der Waals surface area contributed by atoms with E-state index >= 15 is 0 Å². The number of halogens is 1. The normalized spacial score (nSPS) is 10.9. The van der Waals surface area contributed by atoms with Crippen LogP contribution in [-0.4, -0.2) is 31.1 Å². The minimum atomic E-state index is -1.04. The van der Waals surface area contributed by atoms with Crippen molar-refractivity contribution in [1.82, 2.24) is 20.0 Å². The monoisotopic (exact) mass is 332 g/mol. The molecule has 7 nitrogen and oxygen atoms in total. The highest BCUT2D eigenvalue weighted by Gasteiger charge is 2.22. The van der Waals surface area contributed by atoms with Gasteiger partial charge in [0.2, 0.25) is 5.89 Å². The van der Waals surface area contributed by atoms with Gasteiger partial charge in [0.15, 0.2) is 0 Å². The molecule has 118 valence electrons. The smallest absolute Gasteiger partial charge is 0.325 e. The van der Waals surface area contributed by atoms with Crippen molar-refractivity contribution in [2.75, 3.05) is 0 Å². The second-order valence-corrected chi connectivity index (χ2v) is 5.46. The number of benzene rings is 1. The lowest BCUT2D eigenvalue weighted by Gasteiger charge is -2.01. The zero-order valence-corrected chi connectivity index (χ0v) is 13.2. The van der Waals surface area contributed by atoms with Crippen LogP contribution >= 0.6 is 11.6 Å². The van der Waals surface area contributed by atoms with Gasteiger partial charge in [-0.3, -0.25) is 4.79 Å². The number of hydrogen-bond donors (Lipinski definition) is 1. The lowest BCUT2D eigenvalue weighted by molar-refractivity contribution is -0.137. The van der Waals surface area contributed by atoms with Crippen molar-refractivity contribution in [1.29, 1.82) is 0 Å². The number of carboxylic acids is 1. The number of rotatable bonds is 4. The highest BCUT2D eigenvalue weighted by atomic mass is 35.5. The number of carboxylic acid groups (broad SMARTS) is 1. The summed E-state index contributed by atoms with van der Waals surface area (Å²) in [5, 5.41) is 21.4. The van der Waals surface area contributed by atoms with Gasteiger partial charge in [0.1, 0.15) is 12.2 Å². The van der Waals surface area contributed by atoms with Gasteiger partial charge in [0.25, 0.3) is 5.89 Å². The topological polar surface area (TPSA) is 94.0 Å². The summed E-state index contributed by atoms with van der Waals surface area (Å²) in [6.07, 6.45) is 0. The summed E-state index contributed by atoms with van der Waals surface area (Å²) in [5.41, 5.74) is 2.64. The first kappa shape index (κ1) is 15.2. The van der Waals surface area contributed by atoms with Gasteiger partial charge in [0.05, 0.1) is 10.7 Å². The van der Waals surface area contributed by atoms with E-state index < -0.39 is 5.97 Å². The Balaban J connectivity index is 2.05. The molecule has 0 radical (unpaired) electrons. The minimum absolute atomic E-state index is 0.133. The number of hydrogen-bond acceptors (Lipinski definition) is 5. The third kappa shape index (κ3) is 2.95. The number of aryl methyl sites for hydroxylation is 2. The number of aliphatic carboxylic acids is 1. The highest BCUT2D eigenvalue weighted by molar-refractivity contribution is 6.33. The van der Waals surface area contributed by atoms with Gasteiger partial charge in [-0.05, 0) is 26.0 Å². The third-order valence-electron chi connectivity index (χ3n) is 3.23. The van der Waals surface area contributed by atoms with Crippen LogP contribution in [-0.2, 0) is 11.3 Å². The van der Waals surface area contributed by atoms with Crippen molar-refractivity contribution < 1.29 is 14.3 Å². The average Bonchev–Trinajstić information content (AvgIpc) is 3.05. The molecule has 0 aliphatic carbocycles. The second-order valence-electron chi connectivity index (χ2n) is 5.08. The molecule has 2 heterocycles. The molecule has 0 spiro atoms. The Kier molecular flexibility index (Phi) is 3.87. The molecule has 2 aromatic heterocycles. The Labute approximate surface area is 136 Å². The van der Waals surface area contributed by atoms with Crippen LogP contribution in [0, 0.1) is 13.8 Å².